The molecule has 2 N–H and O–H groups in total. The molecule has 166 valence electrons. The number of fused-ring (bicyclic) bond motifs is 1. The first-order valence-electron chi connectivity index (χ1n) is 9.85. The normalized spacial score (nSPS) is 19.0. The van der Waals surface area contributed by atoms with Crippen molar-refractivity contribution in [1.82, 2.24) is 14.5 Å². The smallest absolute Gasteiger partial charge is 0.454 e. The molecule has 1 aromatic carbocycles. The summed E-state index contributed by atoms with van der Waals surface area (Å²) in [5.74, 6) is -1.63. The molecule has 0 radical (unpaired) electrons. The number of nitriles is 1. The van der Waals surface area contributed by atoms with Gasteiger partial charge in [-0.2, -0.15) is 18.4 Å². The molecule has 11 heteroatoms. The molecule has 8 nitrogen and oxygen atoms in total. The van der Waals surface area contributed by atoms with Gasteiger partial charge in [0.25, 0.3) is 0 Å². The maximum absolute atomic E-state index is 12.5. The molecule has 32 heavy (non-hydrogen) atoms. The van der Waals surface area contributed by atoms with Crippen molar-refractivity contribution in [2.75, 3.05) is 18.0 Å². The highest BCUT2D eigenvalue weighted by Gasteiger charge is 2.44. The number of pyridine rings is 1. The number of carbonyl (C=O) groups excluding carboxylic acids is 1. The summed E-state index contributed by atoms with van der Waals surface area (Å²) in [4.78, 5) is 21.9. The first-order chi connectivity index (χ1) is 15.3. The molecule has 1 unspecified atom stereocenters. The highest BCUT2D eigenvalue weighted by atomic mass is 19.4. The Hall–Kier alpha value is -3.65. The fourth-order valence-electron chi connectivity index (χ4n) is 3.72. The molecule has 0 aliphatic carbocycles. The van der Waals surface area contributed by atoms with Crippen molar-refractivity contribution < 1.29 is 22.7 Å². The van der Waals surface area contributed by atoms with Crippen molar-refractivity contribution >= 4 is 23.0 Å². The van der Waals surface area contributed by atoms with Gasteiger partial charge in [0.1, 0.15) is 17.9 Å². The third kappa shape index (κ3) is 4.36. The molecule has 3 aromatic rings. The molecule has 3 heterocycles. The zero-order valence-corrected chi connectivity index (χ0v) is 16.8. The van der Waals surface area contributed by atoms with Crippen LogP contribution in [-0.4, -0.2) is 51.9 Å². The molecule has 2 atom stereocenters. The number of hydrogen-bond donors (Lipinski definition) is 1. The van der Waals surface area contributed by atoms with Crippen LogP contribution >= 0.6 is 0 Å². The number of esters is 1. The molecule has 0 spiro atoms. The first-order valence-corrected chi connectivity index (χ1v) is 9.85. The largest absolute Gasteiger partial charge is 0.490 e. The molecule has 1 aliphatic heterocycles. The Balaban J connectivity index is 1.58. The molecule has 2 aromatic heterocycles. The number of anilines is 1. The lowest BCUT2D eigenvalue weighted by molar-refractivity contribution is -0.206. The maximum atomic E-state index is 12.5. The third-order valence-electron chi connectivity index (χ3n) is 5.28. The van der Waals surface area contributed by atoms with Crippen molar-refractivity contribution in [3.05, 3.63) is 53.9 Å². The molecular formula is C21H19F3N6O2. The summed E-state index contributed by atoms with van der Waals surface area (Å²) < 4.78 is 44.2. The maximum Gasteiger partial charge on any atom is 0.490 e. The number of piperidine rings is 1. The summed E-state index contributed by atoms with van der Waals surface area (Å²) in [6, 6.07) is 12.1. The number of carbonyl (C=O) groups is 1. The molecule has 1 saturated heterocycles. The van der Waals surface area contributed by atoms with E-state index in [0.717, 1.165) is 16.6 Å². The quantitative estimate of drug-likeness (QED) is 0.615. The number of imidazole rings is 1. The molecule has 0 bridgehead atoms. The first kappa shape index (κ1) is 21.6. The minimum Gasteiger partial charge on any atom is -0.454 e. The Bertz CT molecular complexity index is 1170. The Morgan fingerprint density at radius 1 is 1.28 bits per heavy atom. The Morgan fingerprint density at radius 2 is 2.06 bits per heavy atom. The molecule has 0 saturated carbocycles. The minimum absolute atomic E-state index is 0.143. The average molecular weight is 444 g/mol. The van der Waals surface area contributed by atoms with E-state index in [1.165, 1.54) is 0 Å². The number of alkyl halides is 3. The van der Waals surface area contributed by atoms with Crippen LogP contribution in [0.1, 0.15) is 17.7 Å². The van der Waals surface area contributed by atoms with Crippen LogP contribution in [0.2, 0.25) is 0 Å². The summed E-state index contributed by atoms with van der Waals surface area (Å²) in [6.45, 7) is 0.913. The van der Waals surface area contributed by atoms with Crippen LogP contribution in [0, 0.1) is 11.3 Å². The van der Waals surface area contributed by atoms with Crippen LogP contribution in [-0.2, 0) is 16.1 Å². The fraction of sp³-hybridized carbons (Fsp3) is 0.333. The summed E-state index contributed by atoms with van der Waals surface area (Å²) in [7, 11) is 0. The summed E-state index contributed by atoms with van der Waals surface area (Å²) >= 11 is 0. The SMILES string of the molecule is N#Cc1ccc(Cn2c(N3CCC(OC(=O)C(F)(F)F)[C@@H](N)C3)nc3ccccc32)cn1. The van der Waals surface area contributed by atoms with Crippen molar-refractivity contribution in [2.45, 2.75) is 31.3 Å². The van der Waals surface area contributed by atoms with E-state index in [9.17, 15) is 18.0 Å². The van der Waals surface area contributed by atoms with Gasteiger partial charge in [-0.25, -0.2) is 14.8 Å². The summed E-state index contributed by atoms with van der Waals surface area (Å²) in [5.41, 5.74) is 8.85. The number of nitrogens with zero attached hydrogens (tertiary/aromatic N) is 5. The molecular weight excluding hydrogens is 425 g/mol. The van der Waals surface area contributed by atoms with Gasteiger partial charge in [0.15, 0.2) is 0 Å². The van der Waals surface area contributed by atoms with E-state index in [0.29, 0.717) is 24.7 Å². The summed E-state index contributed by atoms with van der Waals surface area (Å²) in [5, 5.41) is 8.95. The number of nitrogens with two attached hydrogens (primary N) is 1. The van der Waals surface area contributed by atoms with Gasteiger partial charge in [0.05, 0.1) is 23.6 Å². The van der Waals surface area contributed by atoms with Crippen molar-refractivity contribution in [2.24, 2.45) is 5.73 Å². The highest BCUT2D eigenvalue weighted by Crippen LogP contribution is 2.28. The van der Waals surface area contributed by atoms with Gasteiger partial charge in [-0.15, -0.1) is 0 Å². The molecule has 0 amide bonds. The van der Waals surface area contributed by atoms with Gasteiger partial charge < -0.3 is 19.9 Å². The lowest BCUT2D eigenvalue weighted by Crippen LogP contribution is -2.54. The Morgan fingerprint density at radius 3 is 2.72 bits per heavy atom. The predicted octanol–water partition coefficient (Wildman–Crippen LogP) is 2.36. The van der Waals surface area contributed by atoms with Crippen molar-refractivity contribution in [3.8, 4) is 6.07 Å². The van der Waals surface area contributed by atoms with Crippen LogP contribution in [0.5, 0.6) is 0 Å². The van der Waals surface area contributed by atoms with E-state index in [-0.39, 0.29) is 13.0 Å². The van der Waals surface area contributed by atoms with Gasteiger partial charge >= 0.3 is 12.1 Å². The van der Waals surface area contributed by atoms with E-state index < -0.39 is 24.3 Å². The number of halogens is 3. The van der Waals surface area contributed by atoms with Gasteiger partial charge in [-0.05, 0) is 23.8 Å². The third-order valence-corrected chi connectivity index (χ3v) is 5.28. The second-order valence-corrected chi connectivity index (χ2v) is 7.49. The van der Waals surface area contributed by atoms with Crippen LogP contribution in [0.3, 0.4) is 0 Å². The number of ether oxygens (including phenoxy) is 1. The summed E-state index contributed by atoms with van der Waals surface area (Å²) in [6.07, 6.45) is -4.32. The van der Waals surface area contributed by atoms with E-state index in [2.05, 4.69) is 9.72 Å². The van der Waals surface area contributed by atoms with E-state index in [4.69, 9.17) is 16.0 Å². The zero-order chi connectivity index (χ0) is 22.9. The van der Waals surface area contributed by atoms with Gasteiger partial charge in [0, 0.05) is 25.7 Å². The van der Waals surface area contributed by atoms with Gasteiger partial charge in [-0.1, -0.05) is 18.2 Å². The Kier molecular flexibility index (Phi) is 5.71. The number of para-hydroxylation sites is 2. The standard InChI is InChI=1S/C21H19F3N6O2/c22-21(23,24)19(31)32-18-7-8-29(12-15(18)26)20-28-16-3-1-2-4-17(16)30(20)11-13-5-6-14(9-25)27-10-13/h1-6,10,15,18H,7-8,11-12,26H2/t15-,18?/m0/s1. The van der Waals surface area contributed by atoms with E-state index in [1.54, 1.807) is 18.3 Å². The van der Waals surface area contributed by atoms with Crippen LogP contribution in [0.15, 0.2) is 42.6 Å². The molecule has 1 aliphatic rings. The lowest BCUT2D eigenvalue weighted by Gasteiger charge is -2.37. The van der Waals surface area contributed by atoms with Crippen molar-refractivity contribution in [3.63, 3.8) is 0 Å². The van der Waals surface area contributed by atoms with E-state index >= 15 is 0 Å². The average Bonchev–Trinajstić information content (AvgIpc) is 3.13. The van der Waals surface area contributed by atoms with Crippen molar-refractivity contribution in [1.29, 1.82) is 5.26 Å². The second-order valence-electron chi connectivity index (χ2n) is 7.49. The molecule has 4 rings (SSSR count). The highest BCUT2D eigenvalue weighted by molar-refractivity contribution is 5.79. The monoisotopic (exact) mass is 444 g/mol. The van der Waals surface area contributed by atoms with E-state index in [1.807, 2.05) is 39.8 Å². The second kappa shape index (κ2) is 8.47. The number of benzene rings is 1. The van der Waals surface area contributed by atoms with Gasteiger partial charge in [-0.3, -0.25) is 0 Å². The number of rotatable bonds is 4. The predicted molar refractivity (Wildman–Crippen MR) is 109 cm³/mol. The lowest BCUT2D eigenvalue weighted by atomic mass is 10.0. The number of hydrogen-bond acceptors (Lipinski definition) is 7. The fourth-order valence-corrected chi connectivity index (χ4v) is 3.72. The van der Waals surface area contributed by atoms with Crippen LogP contribution in [0.4, 0.5) is 19.1 Å². The topological polar surface area (TPSA) is 110 Å². The van der Waals surface area contributed by atoms with Crippen LogP contribution in [0.25, 0.3) is 11.0 Å². The van der Waals surface area contributed by atoms with Crippen LogP contribution < -0.4 is 10.6 Å². The minimum atomic E-state index is -5.06. The molecule has 1 fully saturated rings. The van der Waals surface area contributed by atoms with Gasteiger partial charge in [0.2, 0.25) is 5.95 Å². The number of aromatic nitrogens is 3. The zero-order valence-electron chi connectivity index (χ0n) is 16.8. The Labute approximate surface area is 181 Å².